The highest BCUT2D eigenvalue weighted by atomic mass is 31.3. The third-order valence-electron chi connectivity index (χ3n) is 5.15. The number of aliphatic hydroxyl groups is 6. The lowest BCUT2D eigenvalue weighted by Gasteiger charge is -2.31. The van der Waals surface area contributed by atoms with E-state index in [0.717, 1.165) is 10.9 Å². The van der Waals surface area contributed by atoms with E-state index < -0.39 is 77.0 Å². The average molecular weight is 593 g/mol. The van der Waals surface area contributed by atoms with Gasteiger partial charge < -0.3 is 60.5 Å². The molecule has 2 aromatic heterocycles. The van der Waals surface area contributed by atoms with Crippen molar-refractivity contribution in [1.29, 1.82) is 0 Å². The van der Waals surface area contributed by atoms with Crippen LogP contribution in [0.3, 0.4) is 0 Å². The largest absolute Gasteiger partial charge is 0.481 e. The van der Waals surface area contributed by atoms with Gasteiger partial charge in [-0.3, -0.25) is 18.9 Å². The topological polar surface area (TPSA) is 343 Å². The molecule has 23 heteroatoms. The average Bonchev–Trinajstić information content (AvgIpc) is 3.33. The van der Waals surface area contributed by atoms with E-state index in [4.69, 9.17) is 40.7 Å². The standard InChI is InChI=1S/C10H15N5O11P2.C5H10O5/c11-10-13-7-4(8(18)14-10)12-2-15(7)9-6(17)5(16)3(25-9)1-24-28(22,23)26-27(19,20)21;6-2-1-10-5(9)4(8)3(2)7/h2-3,5-6,9,16-17H,1H2,(H,22,23)(H2,19,20,21)(H3,11,13,14,18);2-9H,1H2/t3-,5-,6-,9-;2-,3-,4+,5+/m11/s1. The van der Waals surface area contributed by atoms with Crippen LogP contribution < -0.4 is 11.3 Å². The number of H-pyrrole nitrogens is 1. The summed E-state index contributed by atoms with van der Waals surface area (Å²) >= 11 is 0. The highest BCUT2D eigenvalue weighted by Gasteiger charge is 2.46. The molecule has 38 heavy (non-hydrogen) atoms. The molecule has 2 aromatic rings. The number of aliphatic hydroxyl groups excluding tert-OH is 6. The number of anilines is 1. The normalized spacial score (nSPS) is 33.5. The van der Waals surface area contributed by atoms with Crippen molar-refractivity contribution < 1.29 is 72.8 Å². The molecule has 0 amide bonds. The Balaban J connectivity index is 0.000000336. The minimum absolute atomic E-state index is 0.0586. The van der Waals surface area contributed by atoms with Crippen LogP contribution in [0, 0.1) is 0 Å². The van der Waals surface area contributed by atoms with Crippen molar-refractivity contribution in [2.45, 2.75) is 49.1 Å². The molecule has 1 unspecified atom stereocenters. The summed E-state index contributed by atoms with van der Waals surface area (Å²) in [6, 6.07) is 0. The minimum atomic E-state index is -5.32. The Morgan fingerprint density at radius 2 is 1.74 bits per heavy atom. The maximum absolute atomic E-state index is 11.8. The Hall–Kier alpha value is -1.91. The van der Waals surface area contributed by atoms with Crippen LogP contribution in [0.2, 0.25) is 0 Å². The number of imidazole rings is 1. The summed E-state index contributed by atoms with van der Waals surface area (Å²) in [5.41, 5.74) is 4.65. The number of aromatic amines is 1. The van der Waals surface area contributed by atoms with Crippen molar-refractivity contribution in [2.75, 3.05) is 18.9 Å². The van der Waals surface area contributed by atoms with E-state index in [1.807, 2.05) is 0 Å². The number of nitrogen functional groups attached to an aromatic ring is 1. The number of ether oxygens (including phenoxy) is 2. The summed E-state index contributed by atoms with van der Waals surface area (Å²) < 4.78 is 41.0. The second-order valence-electron chi connectivity index (χ2n) is 7.93. The number of phosphoric ester groups is 1. The van der Waals surface area contributed by atoms with Gasteiger partial charge in [-0.25, -0.2) is 14.1 Å². The molecule has 2 aliphatic rings. The monoisotopic (exact) mass is 593 g/mol. The molecule has 12 N–H and O–H groups in total. The van der Waals surface area contributed by atoms with Gasteiger partial charge in [-0.05, 0) is 0 Å². The van der Waals surface area contributed by atoms with Crippen molar-refractivity contribution in [3.8, 4) is 0 Å². The molecule has 0 spiro atoms. The number of nitrogens with zero attached hydrogens (tertiary/aromatic N) is 3. The number of nitrogens with one attached hydrogen (secondary N) is 1. The number of rotatable bonds is 6. The molecule has 0 aliphatic carbocycles. The smallest absolute Gasteiger partial charge is 0.388 e. The van der Waals surface area contributed by atoms with Crippen LogP contribution in [0.25, 0.3) is 11.2 Å². The van der Waals surface area contributed by atoms with Crippen LogP contribution in [0.5, 0.6) is 0 Å². The molecular weight excluding hydrogens is 568 g/mol. The van der Waals surface area contributed by atoms with E-state index in [1.165, 1.54) is 0 Å². The zero-order chi connectivity index (χ0) is 28.6. The lowest BCUT2D eigenvalue weighted by atomic mass is 10.1. The first kappa shape index (κ1) is 30.6. The van der Waals surface area contributed by atoms with E-state index in [9.17, 15) is 29.0 Å². The van der Waals surface area contributed by atoms with Crippen LogP contribution in [0.4, 0.5) is 5.95 Å². The first-order valence-corrected chi connectivity index (χ1v) is 13.4. The van der Waals surface area contributed by atoms with Gasteiger partial charge in [-0.2, -0.15) is 9.29 Å². The Morgan fingerprint density at radius 3 is 2.34 bits per heavy atom. The highest BCUT2D eigenvalue weighted by molar-refractivity contribution is 7.60. The fourth-order valence-corrected chi connectivity index (χ4v) is 4.94. The quantitative estimate of drug-likeness (QED) is 0.140. The maximum atomic E-state index is 11.8. The number of hydrogen-bond acceptors (Lipinski definition) is 16. The van der Waals surface area contributed by atoms with Gasteiger partial charge in [0.05, 0.1) is 19.5 Å². The number of phosphoric acid groups is 2. The van der Waals surface area contributed by atoms with Gasteiger partial charge >= 0.3 is 15.6 Å². The third kappa shape index (κ3) is 7.18. The summed E-state index contributed by atoms with van der Waals surface area (Å²) in [7, 11) is -10.5. The van der Waals surface area contributed by atoms with E-state index in [0.29, 0.717) is 0 Å². The van der Waals surface area contributed by atoms with Gasteiger partial charge in [0.2, 0.25) is 5.95 Å². The minimum Gasteiger partial charge on any atom is -0.388 e. The van der Waals surface area contributed by atoms with E-state index in [1.54, 1.807) is 0 Å². The first-order valence-electron chi connectivity index (χ1n) is 10.3. The fourth-order valence-electron chi connectivity index (χ4n) is 3.34. The molecule has 21 nitrogen and oxygen atoms in total. The van der Waals surface area contributed by atoms with Crippen molar-refractivity contribution in [1.82, 2.24) is 19.5 Å². The SMILES string of the molecule is Nc1nc2c(ncn2[C@@H]2O[C@H](COP(=O)(O)OP(=O)(O)O)[C@@H](O)[C@H]2O)c(=O)[nH]1.O[C@H]1[C@H](O)[C@@H](O)OC[C@H]1O. The summed E-state index contributed by atoms with van der Waals surface area (Å²) in [5.74, 6) is -0.233. The molecular formula is C15H25N5O16P2. The van der Waals surface area contributed by atoms with E-state index >= 15 is 0 Å². The summed E-state index contributed by atoms with van der Waals surface area (Å²) in [4.78, 5) is 48.1. The fraction of sp³-hybridized carbons (Fsp3) is 0.667. The molecule has 0 radical (unpaired) electrons. The van der Waals surface area contributed by atoms with Gasteiger partial charge in [0, 0.05) is 0 Å². The van der Waals surface area contributed by atoms with Crippen molar-refractivity contribution in [3.05, 3.63) is 16.7 Å². The summed E-state index contributed by atoms with van der Waals surface area (Å²) in [5, 5.41) is 55.5. The predicted molar refractivity (Wildman–Crippen MR) is 117 cm³/mol. The third-order valence-corrected chi connectivity index (χ3v) is 7.30. The number of nitrogens with two attached hydrogens (primary N) is 1. The van der Waals surface area contributed by atoms with Gasteiger partial charge in [0.15, 0.2) is 23.7 Å². The second kappa shape index (κ2) is 11.7. The van der Waals surface area contributed by atoms with Gasteiger partial charge in [0.25, 0.3) is 5.56 Å². The van der Waals surface area contributed by atoms with Crippen LogP contribution in [-0.4, -0.2) is 121 Å². The van der Waals surface area contributed by atoms with Gasteiger partial charge in [0.1, 0.15) is 36.6 Å². The molecule has 216 valence electrons. The number of hydrogen-bond donors (Lipinski definition) is 11. The van der Waals surface area contributed by atoms with Gasteiger partial charge in [-0.1, -0.05) is 0 Å². The van der Waals surface area contributed by atoms with Gasteiger partial charge in [-0.15, -0.1) is 0 Å². The zero-order valence-corrected chi connectivity index (χ0v) is 20.6. The van der Waals surface area contributed by atoms with Crippen LogP contribution in [0.15, 0.2) is 11.1 Å². The molecule has 0 aromatic carbocycles. The molecule has 4 rings (SSSR count). The van der Waals surface area contributed by atoms with Crippen LogP contribution in [0.1, 0.15) is 6.23 Å². The molecule has 2 aliphatic heterocycles. The molecule has 0 bridgehead atoms. The zero-order valence-electron chi connectivity index (χ0n) is 18.8. The number of fused-ring (bicyclic) bond motifs is 1. The highest BCUT2D eigenvalue weighted by Crippen LogP contribution is 2.57. The molecule has 9 atom stereocenters. The first-order chi connectivity index (χ1) is 17.5. The van der Waals surface area contributed by atoms with Crippen LogP contribution >= 0.6 is 15.6 Å². The number of aromatic nitrogens is 4. The Bertz CT molecular complexity index is 1250. The summed E-state index contributed by atoms with van der Waals surface area (Å²) in [6.07, 6.45) is -10.1. The Kier molecular flexibility index (Phi) is 9.41. The van der Waals surface area contributed by atoms with Crippen molar-refractivity contribution in [2.24, 2.45) is 0 Å². The predicted octanol–water partition coefficient (Wildman–Crippen LogP) is -5.03. The molecule has 0 saturated carbocycles. The molecule has 2 saturated heterocycles. The van der Waals surface area contributed by atoms with Crippen molar-refractivity contribution in [3.63, 3.8) is 0 Å². The maximum Gasteiger partial charge on any atom is 0.481 e. The van der Waals surface area contributed by atoms with E-state index in [2.05, 4.69) is 28.5 Å². The molecule has 4 heterocycles. The Labute approximate surface area is 210 Å². The van der Waals surface area contributed by atoms with Crippen molar-refractivity contribution >= 4 is 32.8 Å². The second-order valence-corrected chi connectivity index (χ2v) is 10.8. The summed E-state index contributed by atoms with van der Waals surface area (Å²) in [6.45, 7) is -1.02. The lowest BCUT2D eigenvalue weighted by molar-refractivity contribution is -0.252. The lowest BCUT2D eigenvalue weighted by Crippen LogP contribution is -2.52. The van der Waals surface area contributed by atoms with Crippen LogP contribution in [-0.2, 0) is 27.4 Å². The molecule has 2 fully saturated rings. The van der Waals surface area contributed by atoms with E-state index in [-0.39, 0.29) is 23.7 Å². The Morgan fingerprint density at radius 1 is 1.08 bits per heavy atom.